The van der Waals surface area contributed by atoms with E-state index in [9.17, 15) is 9.90 Å². The van der Waals surface area contributed by atoms with E-state index >= 15 is 0 Å². The lowest BCUT2D eigenvalue weighted by molar-refractivity contribution is 0.0963. The second-order valence-electron chi connectivity index (χ2n) is 7.13. The number of aryl methyl sites for hydroxylation is 1. The molecule has 0 spiro atoms. The van der Waals surface area contributed by atoms with Gasteiger partial charge in [0.05, 0.1) is 6.61 Å². The minimum atomic E-state index is -0.0883. The highest BCUT2D eigenvalue weighted by Gasteiger charge is 2.35. The van der Waals surface area contributed by atoms with Gasteiger partial charge in [-0.1, -0.05) is 30.3 Å². The first-order valence-corrected chi connectivity index (χ1v) is 8.99. The van der Waals surface area contributed by atoms with E-state index in [2.05, 4.69) is 34.1 Å². The predicted molar refractivity (Wildman–Crippen MR) is 100.0 cm³/mol. The summed E-state index contributed by atoms with van der Waals surface area (Å²) in [4.78, 5) is 18.1. The number of nitrogens with zero attached hydrogens (tertiary/aromatic N) is 2. The van der Waals surface area contributed by atoms with Crippen molar-refractivity contribution >= 4 is 11.6 Å². The maximum absolute atomic E-state index is 11.4. The Kier molecular flexibility index (Phi) is 5.49. The van der Waals surface area contributed by atoms with E-state index in [0.717, 1.165) is 44.6 Å². The van der Waals surface area contributed by atoms with E-state index in [4.69, 9.17) is 0 Å². The van der Waals surface area contributed by atoms with E-state index in [1.165, 1.54) is 5.56 Å². The molecule has 0 unspecified atom stereocenters. The minimum Gasteiger partial charge on any atom is -0.396 e. The molecule has 0 radical (unpaired) electrons. The molecule has 4 nitrogen and oxygen atoms in total. The summed E-state index contributed by atoms with van der Waals surface area (Å²) in [5.41, 5.74) is 1.87. The molecule has 1 aromatic carbocycles. The van der Waals surface area contributed by atoms with Crippen LogP contribution in [-0.4, -0.2) is 35.6 Å². The van der Waals surface area contributed by atoms with Crippen LogP contribution in [0, 0.1) is 5.41 Å². The number of aliphatic hydroxyl groups is 1. The fourth-order valence-electron chi connectivity index (χ4n) is 3.65. The molecule has 3 rings (SSSR count). The molecule has 0 aliphatic carbocycles. The number of hydrogen-bond donors (Lipinski definition) is 1. The Balaban J connectivity index is 1.70. The zero-order chi connectivity index (χ0) is 17.7. The molecular formula is C21H26N2O2. The Morgan fingerprint density at radius 1 is 1.24 bits per heavy atom. The number of ketones is 1. The number of carbonyl (C=O) groups is 1. The van der Waals surface area contributed by atoms with Gasteiger partial charge in [0.1, 0.15) is 5.82 Å². The first-order valence-electron chi connectivity index (χ1n) is 8.99. The molecule has 4 heteroatoms. The lowest BCUT2D eigenvalue weighted by Gasteiger charge is -2.42. The molecule has 2 heterocycles. The molecule has 1 atom stereocenters. The Morgan fingerprint density at radius 3 is 2.68 bits per heavy atom. The van der Waals surface area contributed by atoms with Crippen molar-refractivity contribution in [1.82, 2.24) is 4.98 Å². The Hall–Kier alpha value is -2.20. The Labute approximate surface area is 149 Å². The molecule has 0 bridgehead atoms. The van der Waals surface area contributed by atoms with Crippen LogP contribution in [-0.2, 0) is 6.42 Å². The minimum absolute atomic E-state index is 0.0326. The maximum Gasteiger partial charge on any atom is 0.161 e. The third kappa shape index (κ3) is 4.26. The van der Waals surface area contributed by atoms with Crippen molar-refractivity contribution < 1.29 is 9.90 Å². The number of pyridine rings is 1. The highest BCUT2D eigenvalue weighted by atomic mass is 16.3. The number of rotatable bonds is 6. The van der Waals surface area contributed by atoms with Crippen molar-refractivity contribution in [2.75, 3.05) is 24.6 Å². The highest BCUT2D eigenvalue weighted by Crippen LogP contribution is 2.35. The molecule has 25 heavy (non-hydrogen) atoms. The lowest BCUT2D eigenvalue weighted by atomic mass is 9.76. The summed E-state index contributed by atoms with van der Waals surface area (Å²) in [7, 11) is 0. The van der Waals surface area contributed by atoms with Gasteiger partial charge in [-0.2, -0.15) is 0 Å². The summed E-state index contributed by atoms with van der Waals surface area (Å²) >= 11 is 0. The van der Waals surface area contributed by atoms with E-state index < -0.39 is 0 Å². The van der Waals surface area contributed by atoms with Gasteiger partial charge >= 0.3 is 0 Å². The predicted octanol–water partition coefficient (Wildman–Crippen LogP) is 3.50. The average molecular weight is 338 g/mol. The van der Waals surface area contributed by atoms with Gasteiger partial charge in [0.15, 0.2) is 5.78 Å². The van der Waals surface area contributed by atoms with Gasteiger partial charge in [-0.25, -0.2) is 4.98 Å². The topological polar surface area (TPSA) is 53.4 Å². The average Bonchev–Trinajstić information content (AvgIpc) is 2.67. The standard InChI is InChI=1S/C21H26N2O2/c1-17(25)19-8-9-20(22-14-19)23-13-5-11-21(15-23,16-24)12-10-18-6-3-2-4-7-18/h2-4,6-9,14,24H,5,10-13,15-16H2,1H3/t21-/m1/s1. The molecule has 132 valence electrons. The van der Waals surface area contributed by atoms with Gasteiger partial charge in [-0.15, -0.1) is 0 Å². The van der Waals surface area contributed by atoms with Crippen LogP contribution in [0.1, 0.15) is 42.1 Å². The molecule has 1 fully saturated rings. The van der Waals surface area contributed by atoms with Crippen LogP contribution in [0.15, 0.2) is 48.7 Å². The Morgan fingerprint density at radius 2 is 2.04 bits per heavy atom. The van der Waals surface area contributed by atoms with Crippen LogP contribution in [0.2, 0.25) is 0 Å². The molecule has 0 amide bonds. The SMILES string of the molecule is CC(=O)c1ccc(N2CCC[C@@](CO)(CCc3ccccc3)C2)nc1. The largest absolute Gasteiger partial charge is 0.396 e. The second kappa shape index (κ2) is 7.79. The van der Waals surface area contributed by atoms with Crippen molar-refractivity contribution in [2.45, 2.75) is 32.6 Å². The van der Waals surface area contributed by atoms with Crippen LogP contribution >= 0.6 is 0 Å². The van der Waals surface area contributed by atoms with Crippen LogP contribution < -0.4 is 4.90 Å². The fourth-order valence-corrected chi connectivity index (χ4v) is 3.65. The van der Waals surface area contributed by atoms with E-state index in [-0.39, 0.29) is 17.8 Å². The molecular weight excluding hydrogens is 312 g/mol. The van der Waals surface area contributed by atoms with Crippen LogP contribution in [0.3, 0.4) is 0 Å². The quantitative estimate of drug-likeness (QED) is 0.819. The third-order valence-electron chi connectivity index (χ3n) is 5.26. The van der Waals surface area contributed by atoms with Crippen LogP contribution in [0.25, 0.3) is 0 Å². The lowest BCUT2D eigenvalue weighted by Crippen LogP contribution is -2.46. The number of aromatic nitrogens is 1. The third-order valence-corrected chi connectivity index (χ3v) is 5.26. The van der Waals surface area contributed by atoms with Gasteiger partial charge in [0.25, 0.3) is 0 Å². The van der Waals surface area contributed by atoms with E-state index in [0.29, 0.717) is 5.56 Å². The van der Waals surface area contributed by atoms with Gasteiger partial charge in [-0.3, -0.25) is 4.79 Å². The van der Waals surface area contributed by atoms with Crippen molar-refractivity contribution in [3.05, 3.63) is 59.8 Å². The number of piperidine rings is 1. The summed E-state index contributed by atoms with van der Waals surface area (Å²) in [6.45, 7) is 3.50. The van der Waals surface area contributed by atoms with Crippen LogP contribution in [0.4, 0.5) is 5.82 Å². The summed E-state index contributed by atoms with van der Waals surface area (Å²) < 4.78 is 0. The first kappa shape index (κ1) is 17.6. The number of benzene rings is 1. The smallest absolute Gasteiger partial charge is 0.161 e. The number of anilines is 1. The number of aliphatic hydroxyl groups excluding tert-OH is 1. The van der Waals surface area contributed by atoms with E-state index in [1.807, 2.05) is 18.2 Å². The zero-order valence-electron chi connectivity index (χ0n) is 14.8. The molecule has 1 N–H and O–H groups in total. The van der Waals surface area contributed by atoms with Crippen LogP contribution in [0.5, 0.6) is 0 Å². The summed E-state index contributed by atoms with van der Waals surface area (Å²) in [5.74, 6) is 0.924. The molecule has 2 aromatic rings. The molecule has 1 aliphatic heterocycles. The fraction of sp³-hybridized carbons (Fsp3) is 0.429. The number of hydrogen-bond acceptors (Lipinski definition) is 4. The molecule has 1 saturated heterocycles. The van der Waals surface area contributed by atoms with Crippen molar-refractivity contribution in [2.24, 2.45) is 5.41 Å². The van der Waals surface area contributed by atoms with Crippen molar-refractivity contribution in [1.29, 1.82) is 0 Å². The Bertz CT molecular complexity index is 700. The molecule has 0 saturated carbocycles. The van der Waals surface area contributed by atoms with Gasteiger partial charge in [0, 0.05) is 30.3 Å². The maximum atomic E-state index is 11.4. The van der Waals surface area contributed by atoms with Gasteiger partial charge in [-0.05, 0) is 50.3 Å². The summed E-state index contributed by atoms with van der Waals surface area (Å²) in [6.07, 6.45) is 5.68. The molecule has 1 aliphatic rings. The first-order chi connectivity index (χ1) is 12.1. The van der Waals surface area contributed by atoms with Crippen molar-refractivity contribution in [3.63, 3.8) is 0 Å². The second-order valence-corrected chi connectivity index (χ2v) is 7.13. The van der Waals surface area contributed by atoms with Gasteiger partial charge in [0.2, 0.25) is 0 Å². The van der Waals surface area contributed by atoms with Crippen molar-refractivity contribution in [3.8, 4) is 0 Å². The normalized spacial score (nSPS) is 20.5. The summed E-state index contributed by atoms with van der Waals surface area (Å²) in [5, 5.41) is 10.1. The number of carbonyl (C=O) groups excluding carboxylic acids is 1. The summed E-state index contributed by atoms with van der Waals surface area (Å²) in [6, 6.07) is 14.2. The molecule has 1 aromatic heterocycles. The van der Waals surface area contributed by atoms with Gasteiger partial charge < -0.3 is 10.0 Å². The van der Waals surface area contributed by atoms with E-state index in [1.54, 1.807) is 13.1 Å². The number of Topliss-reactive ketones (excluding diaryl/α,β-unsaturated/α-hetero) is 1. The monoisotopic (exact) mass is 338 g/mol. The highest BCUT2D eigenvalue weighted by molar-refractivity contribution is 5.93. The zero-order valence-corrected chi connectivity index (χ0v) is 14.8.